The van der Waals surface area contributed by atoms with Crippen LogP contribution in [0.2, 0.25) is 0 Å². The van der Waals surface area contributed by atoms with E-state index in [0.29, 0.717) is 19.5 Å². The van der Waals surface area contributed by atoms with Crippen molar-refractivity contribution in [2.24, 2.45) is 13.0 Å². The Bertz CT molecular complexity index is 549. The first kappa shape index (κ1) is 13.1. The Kier molecular flexibility index (Phi) is 3.03. The van der Waals surface area contributed by atoms with Crippen LogP contribution in [0.1, 0.15) is 31.9 Å². The molecule has 1 aromatic heterocycles. The largest absolute Gasteiger partial charge is 0.342 e. The molecule has 0 bridgehead atoms. The average molecular weight is 276 g/mol. The predicted molar refractivity (Wildman–Crippen MR) is 72.5 cm³/mol. The molecule has 0 aromatic carbocycles. The number of aryl methyl sites for hydroxylation is 1. The van der Waals surface area contributed by atoms with Gasteiger partial charge < -0.3 is 10.2 Å². The number of aromatic nitrogens is 2. The summed E-state index contributed by atoms with van der Waals surface area (Å²) in [5, 5.41) is 7.25. The van der Waals surface area contributed by atoms with Gasteiger partial charge in [-0.05, 0) is 31.7 Å². The van der Waals surface area contributed by atoms with Gasteiger partial charge in [-0.15, -0.1) is 0 Å². The van der Waals surface area contributed by atoms with E-state index >= 15 is 0 Å². The molecule has 1 aliphatic carbocycles. The van der Waals surface area contributed by atoms with Crippen LogP contribution in [0.25, 0.3) is 0 Å². The fraction of sp³-hybridized carbons (Fsp3) is 0.643. The third-order valence-corrected chi connectivity index (χ3v) is 4.25. The number of hydrogen-bond donors (Lipinski definition) is 1. The van der Waals surface area contributed by atoms with E-state index in [-0.39, 0.29) is 17.7 Å². The lowest BCUT2D eigenvalue weighted by atomic mass is 9.94. The smallest absolute Gasteiger partial charge is 0.248 e. The maximum Gasteiger partial charge on any atom is 0.248 e. The minimum atomic E-state index is -0.734. The summed E-state index contributed by atoms with van der Waals surface area (Å²) in [4.78, 5) is 26.4. The van der Waals surface area contributed by atoms with Gasteiger partial charge in [0, 0.05) is 26.2 Å². The Balaban J connectivity index is 1.82. The Morgan fingerprint density at radius 2 is 2.20 bits per heavy atom. The molecule has 1 aliphatic heterocycles. The third kappa shape index (κ3) is 2.30. The van der Waals surface area contributed by atoms with Crippen LogP contribution in [0, 0.1) is 5.92 Å². The lowest BCUT2D eigenvalue weighted by molar-refractivity contribution is -0.139. The predicted octanol–water partition coefficient (Wildman–Crippen LogP) is 0.437. The molecule has 2 heterocycles. The molecule has 1 saturated heterocycles. The third-order valence-electron chi connectivity index (χ3n) is 4.25. The van der Waals surface area contributed by atoms with E-state index in [2.05, 4.69) is 10.4 Å². The summed E-state index contributed by atoms with van der Waals surface area (Å²) in [5.41, 5.74) is 0.121. The van der Waals surface area contributed by atoms with Gasteiger partial charge in [-0.25, -0.2) is 0 Å². The molecule has 0 spiro atoms. The molecule has 1 unspecified atom stereocenters. The minimum absolute atomic E-state index is 0.0245. The van der Waals surface area contributed by atoms with Crippen molar-refractivity contribution in [2.75, 3.05) is 6.54 Å². The van der Waals surface area contributed by atoms with Gasteiger partial charge >= 0.3 is 0 Å². The van der Waals surface area contributed by atoms with Gasteiger partial charge in [0.1, 0.15) is 5.54 Å². The lowest BCUT2D eigenvalue weighted by Crippen LogP contribution is -2.56. The lowest BCUT2D eigenvalue weighted by Gasteiger charge is -2.32. The molecular formula is C14H20N4O2. The number of nitrogens with zero attached hydrogens (tertiary/aromatic N) is 3. The maximum atomic E-state index is 12.8. The second kappa shape index (κ2) is 4.61. The summed E-state index contributed by atoms with van der Waals surface area (Å²) in [5.74, 6) is 0.274. The molecule has 1 aromatic rings. The van der Waals surface area contributed by atoms with Crippen LogP contribution in [0.3, 0.4) is 0 Å². The first-order valence-corrected chi connectivity index (χ1v) is 7.08. The number of nitrogens with one attached hydrogen (secondary N) is 1. The molecule has 6 heteroatoms. The number of rotatable bonds is 3. The molecule has 1 N–H and O–H groups in total. The van der Waals surface area contributed by atoms with Crippen LogP contribution in [-0.4, -0.2) is 38.6 Å². The first-order chi connectivity index (χ1) is 9.49. The highest BCUT2D eigenvalue weighted by Crippen LogP contribution is 2.41. The summed E-state index contributed by atoms with van der Waals surface area (Å²) in [6.45, 7) is 2.79. The van der Waals surface area contributed by atoms with E-state index < -0.39 is 5.54 Å². The normalized spacial score (nSPS) is 27.4. The second-order valence-corrected chi connectivity index (χ2v) is 5.98. The number of carbonyl (C=O) groups is 2. The average Bonchev–Trinajstić information content (AvgIpc) is 3.18. The number of carbonyl (C=O) groups excluding carboxylic acids is 2. The molecule has 3 rings (SSSR count). The van der Waals surface area contributed by atoms with Crippen molar-refractivity contribution < 1.29 is 9.59 Å². The molecule has 2 fully saturated rings. The van der Waals surface area contributed by atoms with Gasteiger partial charge in [0.2, 0.25) is 11.8 Å². The van der Waals surface area contributed by atoms with E-state index in [1.54, 1.807) is 9.58 Å². The topological polar surface area (TPSA) is 67.2 Å². The van der Waals surface area contributed by atoms with Crippen molar-refractivity contribution in [3.63, 3.8) is 0 Å². The quantitative estimate of drug-likeness (QED) is 0.871. The zero-order valence-corrected chi connectivity index (χ0v) is 11.9. The highest BCUT2D eigenvalue weighted by atomic mass is 16.2. The van der Waals surface area contributed by atoms with E-state index in [1.807, 2.05) is 26.2 Å². The Hall–Kier alpha value is -1.85. The van der Waals surface area contributed by atoms with Crippen molar-refractivity contribution in [1.82, 2.24) is 20.0 Å². The Labute approximate surface area is 118 Å². The fourth-order valence-electron chi connectivity index (χ4n) is 2.90. The van der Waals surface area contributed by atoms with E-state index in [9.17, 15) is 9.59 Å². The van der Waals surface area contributed by atoms with Gasteiger partial charge in [0.05, 0.1) is 12.2 Å². The molecule has 20 heavy (non-hydrogen) atoms. The van der Waals surface area contributed by atoms with Gasteiger partial charge in [-0.2, -0.15) is 5.10 Å². The van der Waals surface area contributed by atoms with Crippen molar-refractivity contribution in [3.8, 4) is 0 Å². The van der Waals surface area contributed by atoms with Crippen molar-refractivity contribution in [2.45, 2.75) is 38.3 Å². The molecule has 2 amide bonds. The van der Waals surface area contributed by atoms with Crippen LogP contribution < -0.4 is 5.32 Å². The molecule has 108 valence electrons. The zero-order chi connectivity index (χ0) is 14.3. The fourth-order valence-corrected chi connectivity index (χ4v) is 2.90. The Morgan fingerprint density at radius 1 is 1.45 bits per heavy atom. The van der Waals surface area contributed by atoms with Crippen molar-refractivity contribution in [3.05, 3.63) is 18.0 Å². The van der Waals surface area contributed by atoms with Crippen LogP contribution >= 0.6 is 0 Å². The molecule has 1 saturated carbocycles. The standard InChI is InChI=1S/C14H20N4O2/c1-14(10-3-4-10)13(20)18(8-6-12(19)15-14)9-11-5-7-17(2)16-11/h5,7,10H,3-4,6,8-9H2,1-2H3,(H,15,19). The van der Waals surface area contributed by atoms with E-state index in [0.717, 1.165) is 18.5 Å². The molecule has 0 radical (unpaired) electrons. The summed E-state index contributed by atoms with van der Waals surface area (Å²) in [6.07, 6.45) is 4.25. The van der Waals surface area contributed by atoms with E-state index in [1.165, 1.54) is 0 Å². The van der Waals surface area contributed by atoms with Gasteiger partial charge in [0.25, 0.3) is 0 Å². The highest BCUT2D eigenvalue weighted by Gasteiger charge is 2.51. The van der Waals surface area contributed by atoms with Gasteiger partial charge in [0.15, 0.2) is 0 Å². The second-order valence-electron chi connectivity index (χ2n) is 5.98. The maximum absolute atomic E-state index is 12.8. The van der Waals surface area contributed by atoms with Crippen LogP contribution in [0.5, 0.6) is 0 Å². The van der Waals surface area contributed by atoms with Crippen LogP contribution in [0.15, 0.2) is 12.3 Å². The molecular weight excluding hydrogens is 256 g/mol. The Morgan fingerprint density at radius 3 is 2.80 bits per heavy atom. The van der Waals surface area contributed by atoms with Crippen LogP contribution in [0.4, 0.5) is 0 Å². The van der Waals surface area contributed by atoms with Crippen molar-refractivity contribution >= 4 is 11.8 Å². The van der Waals surface area contributed by atoms with Gasteiger partial charge in [-0.1, -0.05) is 0 Å². The van der Waals surface area contributed by atoms with E-state index in [4.69, 9.17) is 0 Å². The number of amides is 2. The first-order valence-electron chi connectivity index (χ1n) is 7.08. The molecule has 1 atom stereocenters. The molecule has 2 aliphatic rings. The monoisotopic (exact) mass is 276 g/mol. The number of hydrogen-bond acceptors (Lipinski definition) is 3. The van der Waals surface area contributed by atoms with Gasteiger partial charge in [-0.3, -0.25) is 14.3 Å². The SMILES string of the molecule is Cn1ccc(CN2CCC(=O)NC(C)(C3CC3)C2=O)n1. The van der Waals surface area contributed by atoms with Crippen LogP contribution in [-0.2, 0) is 23.2 Å². The minimum Gasteiger partial charge on any atom is -0.342 e. The highest BCUT2D eigenvalue weighted by molar-refractivity contribution is 5.93. The summed E-state index contributed by atoms with van der Waals surface area (Å²) in [6, 6.07) is 1.90. The summed E-state index contributed by atoms with van der Waals surface area (Å²) in [7, 11) is 1.85. The zero-order valence-electron chi connectivity index (χ0n) is 11.9. The van der Waals surface area contributed by atoms with Crippen molar-refractivity contribution in [1.29, 1.82) is 0 Å². The summed E-state index contributed by atoms with van der Waals surface area (Å²) >= 11 is 0. The summed E-state index contributed by atoms with van der Waals surface area (Å²) < 4.78 is 1.72. The molecule has 6 nitrogen and oxygen atoms in total.